The second-order valence-corrected chi connectivity index (χ2v) is 5.23. The minimum absolute atomic E-state index is 0.284. The molecule has 0 aliphatic carbocycles. The number of amides is 3. The molecule has 1 unspecified atom stereocenters. The van der Waals surface area contributed by atoms with E-state index in [-0.39, 0.29) is 11.6 Å². The topological polar surface area (TPSA) is 63.1 Å². The fourth-order valence-corrected chi connectivity index (χ4v) is 2.55. The number of carbonyl (C=O) groups is 2. The minimum atomic E-state index is -0.475. The van der Waals surface area contributed by atoms with Crippen molar-refractivity contribution in [3.8, 4) is 0 Å². The number of aromatic nitrogens is 1. The summed E-state index contributed by atoms with van der Waals surface area (Å²) < 4.78 is 2.20. The zero-order valence-corrected chi connectivity index (χ0v) is 12.0. The van der Waals surface area contributed by atoms with Crippen molar-refractivity contribution in [3.63, 3.8) is 0 Å². The van der Waals surface area contributed by atoms with Crippen LogP contribution >= 0.6 is 0 Å². The fourth-order valence-electron chi connectivity index (χ4n) is 2.55. The second-order valence-electron chi connectivity index (χ2n) is 5.23. The number of imide groups is 1. The van der Waals surface area contributed by atoms with Crippen molar-refractivity contribution in [2.45, 2.75) is 26.3 Å². The van der Waals surface area contributed by atoms with Crippen molar-refractivity contribution in [1.29, 1.82) is 0 Å². The third kappa shape index (κ3) is 2.31. The van der Waals surface area contributed by atoms with Crippen LogP contribution in [0, 0.1) is 0 Å². The normalized spacial score (nSPS) is 18.1. The summed E-state index contributed by atoms with van der Waals surface area (Å²) in [7, 11) is 0. The van der Waals surface area contributed by atoms with Crippen LogP contribution in [0.15, 0.2) is 36.2 Å². The molecule has 1 atom stereocenters. The van der Waals surface area contributed by atoms with Gasteiger partial charge >= 0.3 is 6.03 Å². The zero-order chi connectivity index (χ0) is 15.0. The van der Waals surface area contributed by atoms with Crippen LogP contribution in [-0.2, 0) is 4.79 Å². The summed E-state index contributed by atoms with van der Waals surface area (Å²) in [6, 6.07) is 7.96. The number of hydrogen-bond acceptors (Lipinski definition) is 2. The number of para-hydroxylation sites is 1. The lowest BCUT2D eigenvalue weighted by molar-refractivity contribution is -0.115. The molecular weight excluding hydrogens is 266 g/mol. The van der Waals surface area contributed by atoms with Crippen LogP contribution in [0.1, 0.15) is 31.9 Å². The minimum Gasteiger partial charge on any atom is -0.344 e. The Kier molecular flexibility index (Phi) is 3.25. The van der Waals surface area contributed by atoms with Gasteiger partial charge in [-0.15, -0.1) is 0 Å². The zero-order valence-electron chi connectivity index (χ0n) is 12.0. The molecule has 108 valence electrons. The van der Waals surface area contributed by atoms with Crippen LogP contribution in [0.3, 0.4) is 0 Å². The molecule has 2 aromatic rings. The van der Waals surface area contributed by atoms with Crippen molar-refractivity contribution < 1.29 is 9.59 Å². The molecule has 1 aliphatic heterocycles. The quantitative estimate of drug-likeness (QED) is 0.672. The van der Waals surface area contributed by atoms with E-state index in [1.807, 2.05) is 24.4 Å². The van der Waals surface area contributed by atoms with Crippen LogP contribution in [0.25, 0.3) is 17.0 Å². The number of urea groups is 1. The summed E-state index contributed by atoms with van der Waals surface area (Å²) >= 11 is 0. The Labute approximate surface area is 122 Å². The van der Waals surface area contributed by atoms with Gasteiger partial charge in [-0.3, -0.25) is 10.1 Å². The molecule has 3 rings (SSSR count). The van der Waals surface area contributed by atoms with Gasteiger partial charge in [0.05, 0.1) is 0 Å². The molecule has 5 heteroatoms. The maximum absolute atomic E-state index is 11.7. The Bertz CT molecular complexity index is 758. The number of nitrogens with zero attached hydrogens (tertiary/aromatic N) is 1. The van der Waals surface area contributed by atoms with Gasteiger partial charge in [-0.05, 0) is 25.5 Å². The van der Waals surface area contributed by atoms with Crippen molar-refractivity contribution >= 4 is 28.9 Å². The second kappa shape index (κ2) is 5.09. The van der Waals surface area contributed by atoms with Gasteiger partial charge in [-0.25, -0.2) is 4.79 Å². The highest BCUT2D eigenvalue weighted by molar-refractivity contribution is 6.14. The monoisotopic (exact) mass is 283 g/mol. The van der Waals surface area contributed by atoms with E-state index in [9.17, 15) is 9.59 Å². The smallest absolute Gasteiger partial charge is 0.326 e. The van der Waals surface area contributed by atoms with E-state index in [0.717, 1.165) is 22.9 Å². The van der Waals surface area contributed by atoms with Gasteiger partial charge in [-0.2, -0.15) is 0 Å². The van der Waals surface area contributed by atoms with Crippen molar-refractivity contribution in [2.75, 3.05) is 0 Å². The van der Waals surface area contributed by atoms with Crippen LogP contribution in [-0.4, -0.2) is 16.5 Å². The highest BCUT2D eigenvalue weighted by atomic mass is 16.2. The Balaban J connectivity index is 2.13. The van der Waals surface area contributed by atoms with Crippen LogP contribution in [0.2, 0.25) is 0 Å². The average Bonchev–Trinajstić information content (AvgIpc) is 2.99. The highest BCUT2D eigenvalue weighted by Gasteiger charge is 2.23. The molecule has 1 aromatic carbocycles. The molecule has 21 heavy (non-hydrogen) atoms. The maximum Gasteiger partial charge on any atom is 0.326 e. The van der Waals surface area contributed by atoms with Crippen LogP contribution in [0.4, 0.5) is 4.79 Å². The molecule has 3 amide bonds. The number of nitrogens with one attached hydrogen (secondary N) is 2. The Hall–Kier alpha value is -2.56. The maximum atomic E-state index is 11.7. The summed E-state index contributed by atoms with van der Waals surface area (Å²) in [5.74, 6) is -0.389. The Morgan fingerprint density at radius 2 is 2.00 bits per heavy atom. The lowest BCUT2D eigenvalue weighted by Gasteiger charge is -2.12. The molecule has 5 nitrogen and oxygen atoms in total. The van der Waals surface area contributed by atoms with Gasteiger partial charge in [0.25, 0.3) is 5.91 Å². The van der Waals surface area contributed by atoms with E-state index < -0.39 is 6.03 Å². The van der Waals surface area contributed by atoms with E-state index in [4.69, 9.17) is 0 Å². The molecular formula is C16H17N3O2. The number of rotatable bonds is 3. The van der Waals surface area contributed by atoms with Crippen LogP contribution in [0.5, 0.6) is 0 Å². The first kappa shape index (κ1) is 13.4. The van der Waals surface area contributed by atoms with Crippen molar-refractivity contribution in [3.05, 3.63) is 41.7 Å². The summed E-state index contributed by atoms with van der Waals surface area (Å²) in [4.78, 5) is 22.8. The molecule has 2 N–H and O–H groups in total. The largest absolute Gasteiger partial charge is 0.344 e. The molecule has 0 bridgehead atoms. The molecule has 0 saturated carbocycles. The van der Waals surface area contributed by atoms with Gasteiger partial charge in [0, 0.05) is 28.7 Å². The third-order valence-corrected chi connectivity index (χ3v) is 3.86. The SMILES string of the molecule is CCC(C)n1cc(C=C2NC(=O)NC2=O)c2ccccc21. The molecule has 1 aliphatic rings. The van der Waals surface area contributed by atoms with Crippen LogP contribution < -0.4 is 10.6 Å². The molecule has 1 aromatic heterocycles. The van der Waals surface area contributed by atoms with Gasteiger partial charge in [0.2, 0.25) is 0 Å². The molecule has 0 spiro atoms. The summed E-state index contributed by atoms with van der Waals surface area (Å²) in [6.07, 6.45) is 4.77. The number of fused-ring (bicyclic) bond motifs is 1. The lowest BCUT2D eigenvalue weighted by atomic mass is 10.1. The summed E-state index contributed by atoms with van der Waals surface area (Å²) in [5.41, 5.74) is 2.34. The van der Waals surface area contributed by atoms with Gasteiger partial charge < -0.3 is 9.88 Å². The molecule has 1 fully saturated rings. The van der Waals surface area contributed by atoms with E-state index >= 15 is 0 Å². The van der Waals surface area contributed by atoms with Gasteiger partial charge in [0.1, 0.15) is 5.70 Å². The van der Waals surface area contributed by atoms with E-state index in [1.54, 1.807) is 6.08 Å². The first-order valence-electron chi connectivity index (χ1n) is 7.03. The standard InChI is InChI=1S/C16H17N3O2/c1-3-10(2)19-9-11(12-6-4-5-7-14(12)19)8-13-15(20)18-16(21)17-13/h4-10H,3H2,1-2H3,(H2,17,18,20,21). The predicted molar refractivity (Wildman–Crippen MR) is 81.6 cm³/mol. The van der Waals surface area contributed by atoms with Gasteiger partial charge in [0.15, 0.2) is 0 Å². The third-order valence-electron chi connectivity index (χ3n) is 3.86. The first-order chi connectivity index (χ1) is 10.1. The summed E-state index contributed by atoms with van der Waals surface area (Å²) in [5, 5.41) is 5.80. The molecule has 2 heterocycles. The predicted octanol–water partition coefficient (Wildman–Crippen LogP) is 2.79. The summed E-state index contributed by atoms with van der Waals surface area (Å²) in [6.45, 7) is 4.30. The Morgan fingerprint density at radius 3 is 2.67 bits per heavy atom. The van der Waals surface area contributed by atoms with Gasteiger partial charge in [-0.1, -0.05) is 25.1 Å². The van der Waals surface area contributed by atoms with E-state index in [2.05, 4.69) is 35.1 Å². The number of carbonyl (C=O) groups excluding carboxylic acids is 2. The fraction of sp³-hybridized carbons (Fsp3) is 0.250. The van der Waals surface area contributed by atoms with E-state index in [0.29, 0.717) is 6.04 Å². The van der Waals surface area contributed by atoms with E-state index in [1.165, 1.54) is 0 Å². The molecule has 0 radical (unpaired) electrons. The number of hydrogen-bond donors (Lipinski definition) is 2. The first-order valence-corrected chi connectivity index (χ1v) is 7.03. The lowest BCUT2D eigenvalue weighted by Crippen LogP contribution is -2.22. The highest BCUT2D eigenvalue weighted by Crippen LogP contribution is 2.27. The van der Waals surface area contributed by atoms with Crippen molar-refractivity contribution in [1.82, 2.24) is 15.2 Å². The number of benzene rings is 1. The molecule has 1 saturated heterocycles. The Morgan fingerprint density at radius 1 is 1.24 bits per heavy atom. The average molecular weight is 283 g/mol. The van der Waals surface area contributed by atoms with Crippen molar-refractivity contribution in [2.24, 2.45) is 0 Å².